The molecule has 8 heteroatoms. The Balaban J connectivity index is 1.67. The largest absolute Gasteiger partial charge is 0.482 e. The highest BCUT2D eigenvalue weighted by atomic mass is 35.5. The molecular formula is C16H17ClFN3O3. The molecule has 2 heterocycles. The van der Waals surface area contributed by atoms with Crippen molar-refractivity contribution in [1.82, 2.24) is 15.1 Å². The van der Waals surface area contributed by atoms with Crippen molar-refractivity contribution in [2.24, 2.45) is 0 Å². The first-order valence-corrected chi connectivity index (χ1v) is 7.97. The summed E-state index contributed by atoms with van der Waals surface area (Å²) in [6.45, 7) is 3.33. The Morgan fingerprint density at radius 3 is 3.12 bits per heavy atom. The van der Waals surface area contributed by atoms with Crippen LogP contribution in [-0.4, -0.2) is 41.0 Å². The van der Waals surface area contributed by atoms with Crippen molar-refractivity contribution in [3.05, 3.63) is 47.0 Å². The van der Waals surface area contributed by atoms with E-state index in [4.69, 9.17) is 21.1 Å². The number of halogens is 2. The standard InChI is InChI=1S/C16H17ClFN3O3/c1-2-21-7-11(6-19-21)24-15-9-23-8-14(15)20-16(22)12-5-10(17)3-4-13(12)18/h3-7,14-15H,2,8-9H2,1H3,(H,20,22)/t14-,15+/m0/s1. The molecule has 0 radical (unpaired) electrons. The van der Waals surface area contributed by atoms with Crippen LogP contribution in [0.4, 0.5) is 4.39 Å². The van der Waals surface area contributed by atoms with E-state index in [2.05, 4.69) is 10.4 Å². The van der Waals surface area contributed by atoms with Crippen LogP contribution in [0.5, 0.6) is 5.75 Å². The minimum atomic E-state index is -0.627. The summed E-state index contributed by atoms with van der Waals surface area (Å²) in [4.78, 5) is 12.3. The second-order valence-electron chi connectivity index (χ2n) is 5.43. The van der Waals surface area contributed by atoms with Crippen LogP contribution in [0.15, 0.2) is 30.6 Å². The number of nitrogens with one attached hydrogen (secondary N) is 1. The quantitative estimate of drug-likeness (QED) is 0.895. The number of ether oxygens (including phenoxy) is 2. The van der Waals surface area contributed by atoms with E-state index in [1.54, 1.807) is 17.1 Å². The van der Waals surface area contributed by atoms with Crippen molar-refractivity contribution < 1.29 is 18.7 Å². The molecule has 1 aromatic carbocycles. The number of carbonyl (C=O) groups excluding carboxylic acids is 1. The lowest BCUT2D eigenvalue weighted by molar-refractivity contribution is 0.0900. The predicted molar refractivity (Wildman–Crippen MR) is 85.8 cm³/mol. The zero-order valence-electron chi connectivity index (χ0n) is 13.0. The lowest BCUT2D eigenvalue weighted by atomic mass is 10.1. The van der Waals surface area contributed by atoms with Gasteiger partial charge in [-0.25, -0.2) is 4.39 Å². The molecule has 1 N–H and O–H groups in total. The van der Waals surface area contributed by atoms with E-state index in [0.717, 1.165) is 12.6 Å². The number of carbonyl (C=O) groups is 1. The molecule has 2 atom stereocenters. The molecule has 3 rings (SSSR count). The molecule has 0 spiro atoms. The van der Waals surface area contributed by atoms with Crippen molar-refractivity contribution >= 4 is 17.5 Å². The van der Waals surface area contributed by atoms with Gasteiger partial charge in [0.25, 0.3) is 5.91 Å². The zero-order valence-corrected chi connectivity index (χ0v) is 13.8. The summed E-state index contributed by atoms with van der Waals surface area (Å²) in [6, 6.07) is 3.46. The summed E-state index contributed by atoms with van der Waals surface area (Å²) in [6.07, 6.45) is 3.01. The molecule has 1 saturated heterocycles. The third kappa shape index (κ3) is 3.68. The van der Waals surface area contributed by atoms with Gasteiger partial charge in [0.15, 0.2) is 5.75 Å². The lowest BCUT2D eigenvalue weighted by Crippen LogP contribution is -2.45. The SMILES string of the molecule is CCn1cc(O[C@@H]2COC[C@@H]2NC(=O)c2cc(Cl)ccc2F)cn1. The van der Waals surface area contributed by atoms with E-state index in [1.807, 2.05) is 6.92 Å². The summed E-state index contributed by atoms with van der Waals surface area (Å²) in [5.41, 5.74) is -0.105. The Bertz CT molecular complexity index is 737. The van der Waals surface area contributed by atoms with E-state index >= 15 is 0 Å². The number of aromatic nitrogens is 2. The summed E-state index contributed by atoms with van der Waals surface area (Å²) in [5.74, 6) is -0.582. The van der Waals surface area contributed by atoms with Crippen LogP contribution in [0.3, 0.4) is 0 Å². The Morgan fingerprint density at radius 1 is 1.54 bits per heavy atom. The van der Waals surface area contributed by atoms with E-state index in [-0.39, 0.29) is 17.7 Å². The fraction of sp³-hybridized carbons (Fsp3) is 0.375. The summed E-state index contributed by atoms with van der Waals surface area (Å²) in [5, 5.41) is 7.17. The third-order valence-electron chi connectivity index (χ3n) is 3.74. The van der Waals surface area contributed by atoms with Crippen molar-refractivity contribution in [1.29, 1.82) is 0 Å². The van der Waals surface area contributed by atoms with Crippen LogP contribution >= 0.6 is 11.6 Å². The monoisotopic (exact) mass is 353 g/mol. The van der Waals surface area contributed by atoms with Crippen molar-refractivity contribution in [3.8, 4) is 5.75 Å². The van der Waals surface area contributed by atoms with Gasteiger partial charge in [-0.05, 0) is 25.1 Å². The Kier molecular flexibility index (Phi) is 5.01. The fourth-order valence-corrected chi connectivity index (χ4v) is 2.63. The highest BCUT2D eigenvalue weighted by Gasteiger charge is 2.32. The third-order valence-corrected chi connectivity index (χ3v) is 3.97. The first kappa shape index (κ1) is 16.7. The van der Waals surface area contributed by atoms with Gasteiger partial charge >= 0.3 is 0 Å². The van der Waals surface area contributed by atoms with Crippen molar-refractivity contribution in [3.63, 3.8) is 0 Å². The molecule has 1 aromatic heterocycles. The second-order valence-corrected chi connectivity index (χ2v) is 5.87. The zero-order chi connectivity index (χ0) is 17.1. The highest BCUT2D eigenvalue weighted by molar-refractivity contribution is 6.31. The van der Waals surface area contributed by atoms with Gasteiger partial charge in [-0.2, -0.15) is 5.10 Å². The number of nitrogens with zero attached hydrogens (tertiary/aromatic N) is 2. The molecule has 1 amide bonds. The maximum Gasteiger partial charge on any atom is 0.254 e. The van der Waals surface area contributed by atoms with Gasteiger partial charge in [-0.15, -0.1) is 0 Å². The molecular weight excluding hydrogens is 337 g/mol. The average Bonchev–Trinajstić information content (AvgIpc) is 3.20. The van der Waals surface area contributed by atoms with E-state index in [9.17, 15) is 9.18 Å². The Hall–Kier alpha value is -2.12. The molecule has 1 aliphatic rings. The topological polar surface area (TPSA) is 65.4 Å². The van der Waals surface area contributed by atoms with Gasteiger partial charge in [-0.1, -0.05) is 11.6 Å². The minimum absolute atomic E-state index is 0.105. The maximum absolute atomic E-state index is 13.8. The average molecular weight is 354 g/mol. The number of hydrogen-bond donors (Lipinski definition) is 1. The van der Waals surface area contributed by atoms with Crippen molar-refractivity contribution in [2.75, 3.05) is 13.2 Å². The summed E-state index contributed by atoms with van der Waals surface area (Å²) >= 11 is 5.82. The normalized spacial score (nSPS) is 20.1. The summed E-state index contributed by atoms with van der Waals surface area (Å²) < 4.78 is 26.7. The molecule has 0 unspecified atom stereocenters. The van der Waals surface area contributed by atoms with E-state index in [0.29, 0.717) is 24.0 Å². The van der Waals surface area contributed by atoms with E-state index in [1.165, 1.54) is 12.1 Å². The number of hydrogen-bond acceptors (Lipinski definition) is 4. The summed E-state index contributed by atoms with van der Waals surface area (Å²) in [7, 11) is 0. The first-order valence-electron chi connectivity index (χ1n) is 7.59. The van der Waals surface area contributed by atoms with Gasteiger partial charge in [0.1, 0.15) is 11.9 Å². The number of aryl methyl sites for hydroxylation is 1. The Morgan fingerprint density at radius 2 is 2.38 bits per heavy atom. The smallest absolute Gasteiger partial charge is 0.254 e. The second kappa shape index (κ2) is 7.19. The van der Waals surface area contributed by atoms with E-state index < -0.39 is 11.7 Å². The predicted octanol–water partition coefficient (Wildman–Crippen LogP) is 2.27. The maximum atomic E-state index is 13.8. The molecule has 2 aromatic rings. The molecule has 128 valence electrons. The molecule has 0 saturated carbocycles. The lowest BCUT2D eigenvalue weighted by Gasteiger charge is -2.19. The molecule has 6 nitrogen and oxygen atoms in total. The van der Waals surface area contributed by atoms with Gasteiger partial charge in [0.05, 0.1) is 37.2 Å². The van der Waals surface area contributed by atoms with Crippen LogP contribution in [0, 0.1) is 5.82 Å². The molecule has 24 heavy (non-hydrogen) atoms. The number of amides is 1. The van der Waals surface area contributed by atoms with Gasteiger partial charge < -0.3 is 14.8 Å². The van der Waals surface area contributed by atoms with Crippen LogP contribution in [-0.2, 0) is 11.3 Å². The number of rotatable bonds is 5. The Labute approximate surface area is 143 Å². The highest BCUT2D eigenvalue weighted by Crippen LogP contribution is 2.19. The first-order chi connectivity index (χ1) is 11.6. The van der Waals surface area contributed by atoms with Crippen LogP contribution in [0.2, 0.25) is 5.02 Å². The van der Waals surface area contributed by atoms with Gasteiger partial charge in [-0.3, -0.25) is 9.48 Å². The molecule has 0 bridgehead atoms. The fourth-order valence-electron chi connectivity index (χ4n) is 2.46. The van der Waals surface area contributed by atoms with Crippen LogP contribution < -0.4 is 10.1 Å². The molecule has 1 fully saturated rings. The van der Waals surface area contributed by atoms with Gasteiger partial charge in [0, 0.05) is 11.6 Å². The van der Waals surface area contributed by atoms with Crippen LogP contribution in [0.1, 0.15) is 17.3 Å². The van der Waals surface area contributed by atoms with Crippen molar-refractivity contribution in [2.45, 2.75) is 25.6 Å². The number of benzene rings is 1. The molecule has 1 aliphatic heterocycles. The van der Waals surface area contributed by atoms with Gasteiger partial charge in [0.2, 0.25) is 0 Å². The molecule has 0 aliphatic carbocycles. The minimum Gasteiger partial charge on any atom is -0.482 e. The van der Waals surface area contributed by atoms with Crippen LogP contribution in [0.25, 0.3) is 0 Å².